The van der Waals surface area contributed by atoms with Gasteiger partial charge in [0.05, 0.1) is 17.2 Å². The molecule has 0 aliphatic carbocycles. The first kappa shape index (κ1) is 19.7. The molecule has 1 amide bonds. The third-order valence-electron chi connectivity index (χ3n) is 4.65. The van der Waals surface area contributed by atoms with Crippen molar-refractivity contribution >= 4 is 5.91 Å². The number of rotatable bonds is 8. The number of amides is 1. The van der Waals surface area contributed by atoms with Crippen LogP contribution in [0.1, 0.15) is 47.1 Å². The Morgan fingerprint density at radius 2 is 1.92 bits per heavy atom. The van der Waals surface area contributed by atoms with Gasteiger partial charge in [-0.1, -0.05) is 25.5 Å². The average Bonchev–Trinajstić information content (AvgIpc) is 2.88. The van der Waals surface area contributed by atoms with Crippen LogP contribution in [0.4, 0.5) is 0 Å². The number of primary amides is 1. The van der Waals surface area contributed by atoms with Crippen molar-refractivity contribution in [1.29, 1.82) is 5.26 Å². The molecule has 2 aromatic rings. The summed E-state index contributed by atoms with van der Waals surface area (Å²) < 4.78 is 2.25. The molecular weight excluding hydrogens is 324 g/mol. The zero-order valence-electron chi connectivity index (χ0n) is 16.2. The molecule has 1 heterocycles. The van der Waals surface area contributed by atoms with Gasteiger partial charge in [-0.25, -0.2) is 0 Å². The molecule has 26 heavy (non-hydrogen) atoms. The summed E-state index contributed by atoms with van der Waals surface area (Å²) in [5.41, 5.74) is 10.9. The maximum atomic E-state index is 12.2. The SMILES string of the molecule is CCCc1c(-c2ccc(C#N)cc2)c(C(N)=O)c(C)n1CCCN(C)C. The maximum Gasteiger partial charge on any atom is 0.251 e. The van der Waals surface area contributed by atoms with Gasteiger partial charge in [-0.2, -0.15) is 5.26 Å². The van der Waals surface area contributed by atoms with E-state index in [1.54, 1.807) is 12.1 Å². The van der Waals surface area contributed by atoms with Gasteiger partial charge in [0.1, 0.15) is 0 Å². The van der Waals surface area contributed by atoms with Crippen LogP contribution < -0.4 is 5.73 Å². The first-order valence-electron chi connectivity index (χ1n) is 9.07. The molecule has 0 bridgehead atoms. The van der Waals surface area contributed by atoms with Crippen molar-refractivity contribution in [2.75, 3.05) is 20.6 Å². The van der Waals surface area contributed by atoms with E-state index in [9.17, 15) is 4.79 Å². The van der Waals surface area contributed by atoms with Gasteiger partial charge in [-0.3, -0.25) is 4.79 Å². The van der Waals surface area contributed by atoms with E-state index in [1.807, 2.05) is 19.1 Å². The Hall–Kier alpha value is -2.58. The van der Waals surface area contributed by atoms with Crippen LogP contribution >= 0.6 is 0 Å². The highest BCUT2D eigenvalue weighted by Gasteiger charge is 2.24. The number of nitrogens with zero attached hydrogens (tertiary/aromatic N) is 3. The number of nitriles is 1. The summed E-state index contributed by atoms with van der Waals surface area (Å²) in [5, 5.41) is 9.04. The van der Waals surface area contributed by atoms with E-state index in [4.69, 9.17) is 11.0 Å². The zero-order chi connectivity index (χ0) is 19.3. The molecule has 1 aromatic heterocycles. The van der Waals surface area contributed by atoms with Gasteiger partial charge in [-0.05, 0) is 58.1 Å². The van der Waals surface area contributed by atoms with Gasteiger partial charge in [-0.15, -0.1) is 0 Å². The predicted octanol–water partition coefficient (Wildman–Crippen LogP) is 3.34. The van der Waals surface area contributed by atoms with Gasteiger partial charge in [0.2, 0.25) is 0 Å². The van der Waals surface area contributed by atoms with Gasteiger partial charge in [0.15, 0.2) is 0 Å². The van der Waals surface area contributed by atoms with E-state index in [2.05, 4.69) is 36.6 Å². The van der Waals surface area contributed by atoms with E-state index in [0.29, 0.717) is 11.1 Å². The Kier molecular flexibility index (Phi) is 6.59. The summed E-state index contributed by atoms with van der Waals surface area (Å²) in [7, 11) is 4.12. The minimum atomic E-state index is -0.398. The Morgan fingerprint density at radius 3 is 2.42 bits per heavy atom. The van der Waals surface area contributed by atoms with Crippen LogP contribution in [0.5, 0.6) is 0 Å². The topological polar surface area (TPSA) is 75.0 Å². The molecule has 0 radical (unpaired) electrons. The molecule has 0 aliphatic rings. The number of hydrogen-bond acceptors (Lipinski definition) is 3. The third kappa shape index (κ3) is 4.14. The van der Waals surface area contributed by atoms with Crippen LogP contribution in [0.3, 0.4) is 0 Å². The second-order valence-electron chi connectivity index (χ2n) is 6.89. The molecular formula is C21H28N4O. The lowest BCUT2D eigenvalue weighted by atomic mass is 9.97. The van der Waals surface area contributed by atoms with Gasteiger partial charge >= 0.3 is 0 Å². The van der Waals surface area contributed by atoms with Crippen LogP contribution in [0.25, 0.3) is 11.1 Å². The van der Waals surface area contributed by atoms with Crippen molar-refractivity contribution in [1.82, 2.24) is 9.47 Å². The van der Waals surface area contributed by atoms with Gasteiger partial charge < -0.3 is 15.2 Å². The van der Waals surface area contributed by atoms with Crippen molar-refractivity contribution in [3.05, 3.63) is 46.8 Å². The number of nitrogens with two attached hydrogens (primary N) is 1. The Bertz CT molecular complexity index is 810. The highest BCUT2D eigenvalue weighted by Crippen LogP contribution is 2.34. The van der Waals surface area contributed by atoms with E-state index >= 15 is 0 Å². The van der Waals surface area contributed by atoms with Crippen LogP contribution in [0.2, 0.25) is 0 Å². The molecule has 0 aliphatic heterocycles. The number of carbonyl (C=O) groups is 1. The fourth-order valence-electron chi connectivity index (χ4n) is 3.47. The van der Waals surface area contributed by atoms with E-state index in [-0.39, 0.29) is 0 Å². The Balaban J connectivity index is 2.59. The van der Waals surface area contributed by atoms with E-state index in [0.717, 1.165) is 54.9 Å². The lowest BCUT2D eigenvalue weighted by Gasteiger charge is -2.15. The average molecular weight is 352 g/mol. The molecule has 0 saturated carbocycles. The van der Waals surface area contributed by atoms with Crippen LogP contribution in [-0.2, 0) is 13.0 Å². The molecule has 0 atom stereocenters. The summed E-state index contributed by atoms with van der Waals surface area (Å²) in [6.07, 6.45) is 2.87. The monoisotopic (exact) mass is 352 g/mol. The molecule has 0 fully saturated rings. The zero-order valence-corrected chi connectivity index (χ0v) is 16.2. The van der Waals surface area contributed by atoms with Crippen LogP contribution in [0, 0.1) is 18.3 Å². The summed E-state index contributed by atoms with van der Waals surface area (Å²) in [5.74, 6) is -0.398. The summed E-state index contributed by atoms with van der Waals surface area (Å²) in [4.78, 5) is 14.4. The van der Waals surface area contributed by atoms with Gasteiger partial charge in [0, 0.05) is 23.5 Å². The molecule has 138 valence electrons. The number of hydrogen-bond donors (Lipinski definition) is 1. The van der Waals surface area contributed by atoms with Crippen LogP contribution in [0.15, 0.2) is 24.3 Å². The third-order valence-corrected chi connectivity index (χ3v) is 4.65. The maximum absolute atomic E-state index is 12.2. The van der Waals surface area contributed by atoms with Crippen molar-refractivity contribution < 1.29 is 4.79 Å². The number of carbonyl (C=O) groups excluding carboxylic acids is 1. The second kappa shape index (κ2) is 8.68. The standard InChI is InChI=1S/C21H28N4O/c1-5-7-18-20(17-10-8-16(14-22)9-11-17)19(21(23)26)15(2)25(18)13-6-12-24(3)4/h8-11H,5-7,12-13H2,1-4H3,(H2,23,26). The molecule has 2 N–H and O–H groups in total. The minimum absolute atomic E-state index is 0.398. The van der Waals surface area contributed by atoms with Gasteiger partial charge in [0.25, 0.3) is 5.91 Å². The number of aromatic nitrogens is 1. The van der Waals surface area contributed by atoms with E-state index < -0.39 is 5.91 Å². The number of benzene rings is 1. The Morgan fingerprint density at radius 1 is 1.27 bits per heavy atom. The molecule has 1 aromatic carbocycles. The van der Waals surface area contributed by atoms with E-state index in [1.165, 1.54) is 0 Å². The quantitative estimate of drug-likeness (QED) is 0.792. The largest absolute Gasteiger partial charge is 0.366 e. The molecule has 5 nitrogen and oxygen atoms in total. The first-order valence-corrected chi connectivity index (χ1v) is 9.07. The molecule has 0 unspecified atom stereocenters. The first-order chi connectivity index (χ1) is 12.4. The highest BCUT2D eigenvalue weighted by molar-refractivity contribution is 6.02. The summed E-state index contributed by atoms with van der Waals surface area (Å²) in [6, 6.07) is 9.52. The molecule has 2 rings (SSSR count). The molecule has 0 spiro atoms. The fourth-order valence-corrected chi connectivity index (χ4v) is 3.47. The minimum Gasteiger partial charge on any atom is -0.366 e. The fraction of sp³-hybridized carbons (Fsp3) is 0.429. The van der Waals surface area contributed by atoms with Crippen LogP contribution in [-0.4, -0.2) is 36.0 Å². The normalized spacial score (nSPS) is 10.9. The van der Waals surface area contributed by atoms with Crippen molar-refractivity contribution in [3.8, 4) is 17.2 Å². The Labute approximate surface area is 156 Å². The summed E-state index contributed by atoms with van der Waals surface area (Å²) in [6.45, 7) is 5.96. The van der Waals surface area contributed by atoms with Crippen molar-refractivity contribution in [2.45, 2.75) is 39.7 Å². The summed E-state index contributed by atoms with van der Waals surface area (Å²) >= 11 is 0. The smallest absolute Gasteiger partial charge is 0.251 e. The van der Waals surface area contributed by atoms with Crippen molar-refractivity contribution in [3.63, 3.8) is 0 Å². The second-order valence-corrected chi connectivity index (χ2v) is 6.89. The molecule has 5 heteroatoms. The lowest BCUT2D eigenvalue weighted by Crippen LogP contribution is -2.17. The predicted molar refractivity (Wildman–Crippen MR) is 105 cm³/mol. The molecule has 0 saturated heterocycles. The lowest BCUT2D eigenvalue weighted by molar-refractivity contribution is 0.1000. The highest BCUT2D eigenvalue weighted by atomic mass is 16.1. The van der Waals surface area contributed by atoms with Crippen molar-refractivity contribution in [2.24, 2.45) is 5.73 Å².